The van der Waals surface area contributed by atoms with E-state index < -0.39 is 6.10 Å². The molecule has 0 aromatic heterocycles. The summed E-state index contributed by atoms with van der Waals surface area (Å²) in [7, 11) is 3.26. The first kappa shape index (κ1) is 19.9. The van der Waals surface area contributed by atoms with Crippen molar-refractivity contribution >= 4 is 23.4 Å². The summed E-state index contributed by atoms with van der Waals surface area (Å²) in [5.74, 6) is 2.11. The molecule has 2 N–H and O–H groups in total. The van der Waals surface area contributed by atoms with Gasteiger partial charge in [-0.25, -0.2) is 0 Å². The average Bonchev–Trinajstić information content (AvgIpc) is 2.64. The Kier molecular flexibility index (Phi) is 8.41. The molecule has 4 nitrogen and oxygen atoms in total. The highest BCUT2D eigenvalue weighted by molar-refractivity contribution is 7.99. The molecule has 0 saturated carbocycles. The zero-order chi connectivity index (χ0) is 18.1. The number of hydrogen-bond acceptors (Lipinski definition) is 5. The highest BCUT2D eigenvalue weighted by Crippen LogP contribution is 2.27. The monoisotopic (exact) mass is 381 g/mol. The average molecular weight is 382 g/mol. The van der Waals surface area contributed by atoms with Gasteiger partial charge in [-0.15, -0.1) is 11.8 Å². The van der Waals surface area contributed by atoms with Gasteiger partial charge in [0, 0.05) is 22.2 Å². The Labute approximate surface area is 158 Å². The summed E-state index contributed by atoms with van der Waals surface area (Å²) in [6.07, 6.45) is 0.461. The van der Waals surface area contributed by atoms with Crippen LogP contribution in [0.25, 0.3) is 0 Å². The number of aliphatic hydroxyl groups is 1. The van der Waals surface area contributed by atoms with Gasteiger partial charge >= 0.3 is 0 Å². The van der Waals surface area contributed by atoms with Crippen LogP contribution in [0.3, 0.4) is 0 Å². The zero-order valence-corrected chi connectivity index (χ0v) is 16.1. The van der Waals surface area contributed by atoms with Crippen molar-refractivity contribution in [2.24, 2.45) is 0 Å². The molecule has 0 aliphatic heterocycles. The third-order valence-electron chi connectivity index (χ3n) is 3.67. The Morgan fingerprint density at radius 3 is 2.48 bits per heavy atom. The van der Waals surface area contributed by atoms with E-state index in [1.807, 2.05) is 42.5 Å². The Hall–Kier alpha value is -1.40. The Morgan fingerprint density at radius 2 is 1.80 bits per heavy atom. The molecule has 2 aromatic carbocycles. The van der Waals surface area contributed by atoms with Crippen LogP contribution in [-0.4, -0.2) is 44.3 Å². The van der Waals surface area contributed by atoms with Crippen LogP contribution in [-0.2, 0) is 6.42 Å². The maximum Gasteiger partial charge on any atom is 0.160 e. The maximum atomic E-state index is 10.1. The van der Waals surface area contributed by atoms with Crippen molar-refractivity contribution in [1.29, 1.82) is 0 Å². The van der Waals surface area contributed by atoms with E-state index in [9.17, 15) is 5.11 Å². The molecule has 0 radical (unpaired) electrons. The summed E-state index contributed by atoms with van der Waals surface area (Å²) >= 11 is 7.48. The van der Waals surface area contributed by atoms with Gasteiger partial charge in [-0.05, 0) is 54.9 Å². The number of thioether (sulfide) groups is 1. The van der Waals surface area contributed by atoms with Gasteiger partial charge in [-0.3, -0.25) is 0 Å². The highest BCUT2D eigenvalue weighted by atomic mass is 35.5. The number of halogens is 1. The molecule has 0 aliphatic carbocycles. The molecule has 0 aliphatic rings. The van der Waals surface area contributed by atoms with E-state index in [1.165, 1.54) is 0 Å². The van der Waals surface area contributed by atoms with E-state index in [0.29, 0.717) is 12.3 Å². The summed E-state index contributed by atoms with van der Waals surface area (Å²) in [6.45, 7) is 1.35. The number of rotatable bonds is 10. The summed E-state index contributed by atoms with van der Waals surface area (Å²) in [5.41, 5.74) is 1.16. The second-order valence-corrected chi connectivity index (χ2v) is 7.09. The molecule has 0 saturated heterocycles. The van der Waals surface area contributed by atoms with Crippen LogP contribution in [0.4, 0.5) is 0 Å². The van der Waals surface area contributed by atoms with Crippen molar-refractivity contribution in [2.45, 2.75) is 17.4 Å². The van der Waals surface area contributed by atoms with Crippen LogP contribution in [0, 0.1) is 0 Å². The Morgan fingerprint density at radius 1 is 1.08 bits per heavy atom. The van der Waals surface area contributed by atoms with Crippen LogP contribution < -0.4 is 14.8 Å². The topological polar surface area (TPSA) is 50.7 Å². The molecule has 2 rings (SSSR count). The van der Waals surface area contributed by atoms with Gasteiger partial charge in [0.05, 0.1) is 20.3 Å². The van der Waals surface area contributed by atoms with Gasteiger partial charge in [-0.2, -0.15) is 0 Å². The first-order valence-electron chi connectivity index (χ1n) is 8.10. The molecule has 0 fully saturated rings. The van der Waals surface area contributed by atoms with Crippen LogP contribution in [0.15, 0.2) is 47.4 Å². The molecule has 2 aromatic rings. The number of hydrogen-bond donors (Lipinski definition) is 2. The lowest BCUT2D eigenvalue weighted by Gasteiger charge is -2.12. The second-order valence-electron chi connectivity index (χ2n) is 5.56. The minimum Gasteiger partial charge on any atom is -0.493 e. The predicted molar refractivity (Wildman–Crippen MR) is 104 cm³/mol. The Balaban J connectivity index is 1.67. The number of methoxy groups -OCH3 is 2. The molecule has 25 heavy (non-hydrogen) atoms. The molecule has 0 bridgehead atoms. The predicted octanol–water partition coefficient (Wildman–Crippen LogP) is 3.64. The lowest BCUT2D eigenvalue weighted by molar-refractivity contribution is 0.196. The van der Waals surface area contributed by atoms with Gasteiger partial charge in [0.1, 0.15) is 0 Å². The lowest BCUT2D eigenvalue weighted by Crippen LogP contribution is -2.29. The molecular weight excluding hydrogens is 358 g/mol. The van der Waals surface area contributed by atoms with Gasteiger partial charge in [-0.1, -0.05) is 17.7 Å². The molecule has 1 atom stereocenters. The largest absolute Gasteiger partial charge is 0.493 e. The summed E-state index contributed by atoms with van der Waals surface area (Å²) in [4.78, 5) is 1.11. The van der Waals surface area contributed by atoms with E-state index in [-0.39, 0.29) is 0 Å². The van der Waals surface area contributed by atoms with Crippen molar-refractivity contribution < 1.29 is 14.6 Å². The van der Waals surface area contributed by atoms with E-state index in [1.54, 1.807) is 26.0 Å². The third-order valence-corrected chi connectivity index (χ3v) is 5.08. The lowest BCUT2D eigenvalue weighted by atomic mass is 10.1. The minimum absolute atomic E-state index is 0.397. The zero-order valence-electron chi connectivity index (χ0n) is 14.5. The number of nitrogens with one attached hydrogen (secondary N) is 1. The van der Waals surface area contributed by atoms with Crippen molar-refractivity contribution in [3.8, 4) is 11.5 Å². The molecule has 0 amide bonds. The first-order chi connectivity index (χ1) is 12.1. The van der Waals surface area contributed by atoms with E-state index in [4.69, 9.17) is 21.1 Å². The van der Waals surface area contributed by atoms with E-state index in [2.05, 4.69) is 5.32 Å². The fraction of sp³-hybridized carbons (Fsp3) is 0.368. The third kappa shape index (κ3) is 6.78. The summed E-state index contributed by atoms with van der Waals surface area (Å²) in [6, 6.07) is 13.6. The second kappa shape index (κ2) is 10.6. The smallest absolute Gasteiger partial charge is 0.160 e. The molecule has 0 heterocycles. The van der Waals surface area contributed by atoms with Gasteiger partial charge < -0.3 is 19.9 Å². The normalized spacial score (nSPS) is 12.0. The molecule has 6 heteroatoms. The molecular formula is C19H24ClNO3S. The molecule has 0 unspecified atom stereocenters. The standard InChI is InChI=1S/C19H24ClNO3S/c1-23-18-8-3-14(11-19(18)24-2)9-10-21-12-16(22)13-25-17-6-4-15(20)5-7-17/h3-8,11,16,21-22H,9-10,12-13H2,1-2H3/t16-/m0/s1. The van der Waals surface area contributed by atoms with Crippen molar-refractivity contribution in [1.82, 2.24) is 5.32 Å². The maximum absolute atomic E-state index is 10.1. The minimum atomic E-state index is -0.397. The first-order valence-corrected chi connectivity index (χ1v) is 9.46. The van der Waals surface area contributed by atoms with Gasteiger partial charge in [0.2, 0.25) is 0 Å². The van der Waals surface area contributed by atoms with Crippen molar-refractivity contribution in [3.63, 3.8) is 0 Å². The van der Waals surface area contributed by atoms with Crippen LogP contribution >= 0.6 is 23.4 Å². The van der Waals surface area contributed by atoms with E-state index >= 15 is 0 Å². The van der Waals surface area contributed by atoms with Crippen molar-refractivity contribution in [2.75, 3.05) is 33.1 Å². The van der Waals surface area contributed by atoms with E-state index in [0.717, 1.165) is 39.9 Å². The molecule has 136 valence electrons. The Bertz CT molecular complexity index is 652. The number of ether oxygens (including phenoxy) is 2. The quantitative estimate of drug-likeness (QED) is 0.486. The van der Waals surface area contributed by atoms with Gasteiger partial charge in [0.15, 0.2) is 11.5 Å². The summed E-state index contributed by atoms with van der Waals surface area (Å²) in [5, 5.41) is 14.1. The SMILES string of the molecule is COc1ccc(CCNC[C@H](O)CSc2ccc(Cl)cc2)cc1OC. The molecule has 0 spiro atoms. The highest BCUT2D eigenvalue weighted by Gasteiger charge is 2.07. The fourth-order valence-corrected chi connectivity index (χ4v) is 3.28. The van der Waals surface area contributed by atoms with Gasteiger partial charge in [0.25, 0.3) is 0 Å². The number of benzene rings is 2. The van der Waals surface area contributed by atoms with Crippen molar-refractivity contribution in [3.05, 3.63) is 53.1 Å². The summed E-state index contributed by atoms with van der Waals surface area (Å²) < 4.78 is 10.5. The van der Waals surface area contributed by atoms with Crippen LogP contribution in [0.5, 0.6) is 11.5 Å². The van der Waals surface area contributed by atoms with Crippen LogP contribution in [0.2, 0.25) is 5.02 Å². The fourth-order valence-electron chi connectivity index (χ4n) is 2.32. The van der Waals surface area contributed by atoms with Crippen LogP contribution in [0.1, 0.15) is 5.56 Å². The number of aliphatic hydroxyl groups excluding tert-OH is 1.